The van der Waals surface area contributed by atoms with Crippen LogP contribution in [0.15, 0.2) is 36.0 Å². The molecular weight excluding hydrogens is 378 g/mol. The maximum absolute atomic E-state index is 12.3. The number of hydrogen-bond donors (Lipinski definition) is 1. The van der Waals surface area contributed by atoms with Crippen LogP contribution >= 0.6 is 11.3 Å². The smallest absolute Gasteiger partial charge is 0.361 e. The van der Waals surface area contributed by atoms with Crippen LogP contribution in [0.5, 0.6) is 0 Å². The van der Waals surface area contributed by atoms with Gasteiger partial charge in [-0.2, -0.15) is 0 Å². The van der Waals surface area contributed by atoms with Crippen LogP contribution in [0.3, 0.4) is 0 Å². The van der Waals surface area contributed by atoms with Gasteiger partial charge in [-0.3, -0.25) is 9.69 Å². The first-order valence-corrected chi connectivity index (χ1v) is 9.30. The second kappa shape index (κ2) is 8.13. The molecule has 0 spiro atoms. The number of aromatic nitrogens is 3. The summed E-state index contributed by atoms with van der Waals surface area (Å²) in [4.78, 5) is 38.0. The summed E-state index contributed by atoms with van der Waals surface area (Å²) in [6.45, 7) is 5.36. The predicted octanol–water partition coefficient (Wildman–Crippen LogP) is 3.17. The van der Waals surface area contributed by atoms with Crippen LogP contribution in [0.4, 0.5) is 16.6 Å². The van der Waals surface area contributed by atoms with Crippen LogP contribution in [0.2, 0.25) is 0 Å². The standard InChI is InChI=1S/C19H19N5O3S/c1-11-4-5-15(12(2)8-11)24(13(3)25)19-23-14(10-28-19)9-27-18(26)16-17(20)22-7-6-21-16/h4-8,10H,9H2,1-3H3,(H2,20,22). The van der Waals surface area contributed by atoms with Crippen LogP contribution in [-0.4, -0.2) is 26.8 Å². The van der Waals surface area contributed by atoms with Crippen molar-refractivity contribution in [3.05, 3.63) is 58.5 Å². The van der Waals surface area contributed by atoms with Crippen LogP contribution < -0.4 is 10.6 Å². The number of anilines is 3. The van der Waals surface area contributed by atoms with Gasteiger partial charge in [0.25, 0.3) is 0 Å². The molecule has 0 saturated heterocycles. The number of nitrogens with zero attached hydrogens (tertiary/aromatic N) is 4. The van der Waals surface area contributed by atoms with E-state index in [4.69, 9.17) is 10.5 Å². The van der Waals surface area contributed by atoms with Crippen molar-refractivity contribution in [3.8, 4) is 0 Å². The number of benzene rings is 1. The summed E-state index contributed by atoms with van der Waals surface area (Å²) in [5, 5.41) is 2.24. The lowest BCUT2D eigenvalue weighted by Gasteiger charge is -2.20. The van der Waals surface area contributed by atoms with Crippen LogP contribution in [0, 0.1) is 13.8 Å². The van der Waals surface area contributed by atoms with E-state index in [1.54, 1.807) is 10.3 Å². The Kier molecular flexibility index (Phi) is 5.65. The van der Waals surface area contributed by atoms with Gasteiger partial charge in [-0.15, -0.1) is 11.3 Å². The second-order valence-electron chi connectivity index (χ2n) is 6.13. The molecule has 1 amide bonds. The van der Waals surface area contributed by atoms with E-state index in [-0.39, 0.29) is 24.0 Å². The second-order valence-corrected chi connectivity index (χ2v) is 6.97. The van der Waals surface area contributed by atoms with E-state index in [2.05, 4.69) is 15.0 Å². The minimum Gasteiger partial charge on any atom is -0.454 e. The average molecular weight is 397 g/mol. The molecule has 3 aromatic rings. The maximum Gasteiger partial charge on any atom is 0.361 e. The normalized spacial score (nSPS) is 10.5. The van der Waals surface area contributed by atoms with E-state index in [0.717, 1.165) is 16.8 Å². The molecule has 0 aliphatic rings. The van der Waals surface area contributed by atoms with Crippen molar-refractivity contribution in [1.29, 1.82) is 0 Å². The molecule has 144 valence electrons. The Labute approximate surface area is 166 Å². The molecule has 0 aliphatic carbocycles. The number of ether oxygens (including phenoxy) is 1. The average Bonchev–Trinajstić information content (AvgIpc) is 3.10. The van der Waals surface area contributed by atoms with Gasteiger partial charge in [-0.25, -0.2) is 19.7 Å². The van der Waals surface area contributed by atoms with Crippen LogP contribution in [0.25, 0.3) is 0 Å². The Balaban J connectivity index is 1.77. The van der Waals surface area contributed by atoms with Gasteiger partial charge in [-0.1, -0.05) is 17.7 Å². The Morgan fingerprint density at radius 1 is 1.21 bits per heavy atom. The summed E-state index contributed by atoms with van der Waals surface area (Å²) in [5.74, 6) is -0.834. The van der Waals surface area contributed by atoms with Crippen molar-refractivity contribution < 1.29 is 14.3 Å². The van der Waals surface area contributed by atoms with Crippen LogP contribution in [-0.2, 0) is 16.1 Å². The van der Waals surface area contributed by atoms with Gasteiger partial charge in [0.05, 0.1) is 11.4 Å². The topological polar surface area (TPSA) is 111 Å². The van der Waals surface area contributed by atoms with Crippen LogP contribution in [0.1, 0.15) is 34.2 Å². The third-order valence-electron chi connectivity index (χ3n) is 3.91. The first kappa shape index (κ1) is 19.4. The van der Waals surface area contributed by atoms with Crippen molar-refractivity contribution in [1.82, 2.24) is 15.0 Å². The van der Waals surface area contributed by atoms with Crippen molar-refractivity contribution >= 4 is 39.9 Å². The molecule has 0 saturated carbocycles. The first-order valence-electron chi connectivity index (χ1n) is 8.42. The van der Waals surface area contributed by atoms with E-state index >= 15 is 0 Å². The van der Waals surface area contributed by atoms with E-state index < -0.39 is 5.97 Å². The largest absolute Gasteiger partial charge is 0.454 e. The number of amides is 1. The molecule has 0 unspecified atom stereocenters. The maximum atomic E-state index is 12.3. The molecule has 8 nitrogen and oxygen atoms in total. The number of esters is 1. The summed E-state index contributed by atoms with van der Waals surface area (Å²) < 4.78 is 5.21. The molecule has 0 aliphatic heterocycles. The molecule has 9 heteroatoms. The lowest BCUT2D eigenvalue weighted by atomic mass is 10.1. The fraction of sp³-hybridized carbons (Fsp3) is 0.211. The Morgan fingerprint density at radius 3 is 2.64 bits per heavy atom. The van der Waals surface area contributed by atoms with Crippen molar-refractivity contribution in [2.45, 2.75) is 27.4 Å². The summed E-state index contributed by atoms with van der Waals surface area (Å²) in [7, 11) is 0. The molecule has 1 aromatic carbocycles. The van der Waals surface area contributed by atoms with Gasteiger partial charge in [0, 0.05) is 24.7 Å². The Morgan fingerprint density at radius 2 is 1.96 bits per heavy atom. The molecule has 28 heavy (non-hydrogen) atoms. The first-order chi connectivity index (χ1) is 13.4. The van der Waals surface area contributed by atoms with E-state index in [1.807, 2.05) is 32.0 Å². The molecule has 2 heterocycles. The Hall–Kier alpha value is -3.33. The number of carbonyl (C=O) groups is 2. The van der Waals surface area contributed by atoms with Gasteiger partial charge in [0.2, 0.25) is 5.91 Å². The third kappa shape index (κ3) is 4.15. The zero-order chi connectivity index (χ0) is 20.3. The fourth-order valence-electron chi connectivity index (χ4n) is 2.64. The number of rotatable bonds is 5. The molecule has 2 N–H and O–H groups in total. The highest BCUT2D eigenvalue weighted by atomic mass is 32.1. The summed E-state index contributed by atoms with van der Waals surface area (Å²) in [6, 6.07) is 5.84. The molecule has 0 radical (unpaired) electrons. The zero-order valence-electron chi connectivity index (χ0n) is 15.7. The minimum atomic E-state index is -0.682. The lowest BCUT2D eigenvalue weighted by Crippen LogP contribution is -2.23. The molecule has 0 fully saturated rings. The summed E-state index contributed by atoms with van der Waals surface area (Å²) in [5.41, 5.74) is 8.95. The predicted molar refractivity (Wildman–Crippen MR) is 106 cm³/mol. The number of hydrogen-bond acceptors (Lipinski definition) is 8. The molecular formula is C19H19N5O3S. The van der Waals surface area contributed by atoms with Gasteiger partial charge in [0.1, 0.15) is 6.61 Å². The summed E-state index contributed by atoms with van der Waals surface area (Å²) >= 11 is 1.29. The monoisotopic (exact) mass is 397 g/mol. The van der Waals surface area contributed by atoms with E-state index in [1.165, 1.54) is 30.7 Å². The quantitative estimate of drug-likeness (QED) is 0.658. The number of nitrogen functional groups attached to an aromatic ring is 1. The van der Waals surface area contributed by atoms with Gasteiger partial charge >= 0.3 is 5.97 Å². The third-order valence-corrected chi connectivity index (χ3v) is 4.78. The fourth-order valence-corrected chi connectivity index (χ4v) is 3.51. The van der Waals surface area contributed by atoms with E-state index in [9.17, 15) is 9.59 Å². The van der Waals surface area contributed by atoms with Crippen molar-refractivity contribution in [2.75, 3.05) is 10.6 Å². The number of thiazole rings is 1. The van der Waals surface area contributed by atoms with Gasteiger partial charge in [0.15, 0.2) is 16.6 Å². The summed E-state index contributed by atoms with van der Waals surface area (Å²) in [6.07, 6.45) is 2.75. The molecule has 3 rings (SSSR count). The highest BCUT2D eigenvalue weighted by Crippen LogP contribution is 2.31. The van der Waals surface area contributed by atoms with Crippen molar-refractivity contribution in [2.24, 2.45) is 0 Å². The lowest BCUT2D eigenvalue weighted by molar-refractivity contribution is -0.115. The van der Waals surface area contributed by atoms with E-state index in [0.29, 0.717) is 10.8 Å². The van der Waals surface area contributed by atoms with Crippen molar-refractivity contribution in [3.63, 3.8) is 0 Å². The zero-order valence-corrected chi connectivity index (χ0v) is 16.5. The minimum absolute atomic E-state index is 0.00377. The number of nitrogens with two attached hydrogens (primary N) is 1. The SMILES string of the molecule is CC(=O)N(c1nc(COC(=O)c2nccnc2N)cs1)c1ccc(C)cc1C. The number of aryl methyl sites for hydroxylation is 2. The molecule has 0 bridgehead atoms. The number of carbonyl (C=O) groups excluding carboxylic acids is 2. The highest BCUT2D eigenvalue weighted by molar-refractivity contribution is 7.14. The van der Waals surface area contributed by atoms with Gasteiger partial charge < -0.3 is 10.5 Å². The highest BCUT2D eigenvalue weighted by Gasteiger charge is 2.20. The van der Waals surface area contributed by atoms with Gasteiger partial charge in [-0.05, 0) is 25.5 Å². The molecule has 2 aromatic heterocycles. The Bertz CT molecular complexity index is 1030. The molecule has 0 atom stereocenters.